The van der Waals surface area contributed by atoms with Crippen LogP contribution in [-0.4, -0.2) is 80.4 Å². The van der Waals surface area contributed by atoms with Crippen molar-refractivity contribution in [2.75, 3.05) is 0 Å². The zero-order valence-electron chi connectivity index (χ0n) is 18.7. The number of phenols is 1. The van der Waals surface area contributed by atoms with Crippen LogP contribution in [0.15, 0.2) is 24.3 Å². The third-order valence-corrected chi connectivity index (χ3v) is 4.81. The minimum absolute atomic E-state index is 0.0133. The average molecular weight is 482 g/mol. The lowest BCUT2D eigenvalue weighted by Crippen LogP contribution is -2.59. The van der Waals surface area contributed by atoms with Gasteiger partial charge in [-0.05, 0) is 38.0 Å². The monoisotopic (exact) mass is 482 g/mol. The number of aliphatic carboxylic acids is 2. The largest absolute Gasteiger partial charge is 0.508 e. The summed E-state index contributed by atoms with van der Waals surface area (Å²) in [6.45, 7) is 2.50. The first-order valence-corrected chi connectivity index (χ1v) is 10.4. The fourth-order valence-electron chi connectivity index (χ4n) is 2.81. The van der Waals surface area contributed by atoms with Crippen molar-refractivity contribution in [1.29, 1.82) is 0 Å². The zero-order valence-corrected chi connectivity index (χ0v) is 18.7. The lowest BCUT2D eigenvalue weighted by molar-refractivity contribution is -0.143. The van der Waals surface area contributed by atoms with E-state index in [1.807, 2.05) is 0 Å². The van der Waals surface area contributed by atoms with Gasteiger partial charge in [-0.3, -0.25) is 19.2 Å². The Morgan fingerprint density at radius 1 is 0.912 bits per heavy atom. The van der Waals surface area contributed by atoms with E-state index in [9.17, 15) is 39.3 Å². The van der Waals surface area contributed by atoms with E-state index in [-0.39, 0.29) is 25.0 Å². The Hall–Kier alpha value is -3.71. The van der Waals surface area contributed by atoms with Crippen molar-refractivity contribution in [3.8, 4) is 5.75 Å². The highest BCUT2D eigenvalue weighted by molar-refractivity contribution is 5.94. The van der Waals surface area contributed by atoms with Crippen LogP contribution in [0.2, 0.25) is 0 Å². The van der Waals surface area contributed by atoms with Crippen LogP contribution in [0, 0.1) is 0 Å². The lowest BCUT2D eigenvalue weighted by Gasteiger charge is -2.25. The second-order valence-corrected chi connectivity index (χ2v) is 7.77. The van der Waals surface area contributed by atoms with Crippen LogP contribution >= 0.6 is 0 Å². The Labute approximate surface area is 195 Å². The number of carboxylic acid groups (broad SMARTS) is 2. The number of phenolic OH excluding ortho intramolecular Hbond substituents is 1. The Morgan fingerprint density at radius 3 is 2.00 bits per heavy atom. The minimum Gasteiger partial charge on any atom is -0.508 e. The molecule has 1 aromatic carbocycles. The Kier molecular flexibility index (Phi) is 10.9. The first-order valence-electron chi connectivity index (χ1n) is 10.4. The fraction of sp³-hybridized carbons (Fsp3) is 0.476. The van der Waals surface area contributed by atoms with Gasteiger partial charge in [0.1, 0.15) is 23.9 Å². The molecular formula is C21H30N4O9. The van der Waals surface area contributed by atoms with Crippen LogP contribution < -0.4 is 21.7 Å². The molecule has 1 aromatic rings. The molecule has 5 unspecified atom stereocenters. The molecule has 0 bridgehead atoms. The van der Waals surface area contributed by atoms with E-state index in [1.54, 1.807) is 0 Å². The van der Waals surface area contributed by atoms with Gasteiger partial charge < -0.3 is 42.1 Å². The van der Waals surface area contributed by atoms with Crippen molar-refractivity contribution in [3.63, 3.8) is 0 Å². The highest BCUT2D eigenvalue weighted by Crippen LogP contribution is 2.12. The highest BCUT2D eigenvalue weighted by atomic mass is 16.4. The number of carbonyl (C=O) groups is 5. The van der Waals surface area contributed by atoms with Crippen LogP contribution in [0.4, 0.5) is 0 Å². The minimum atomic E-state index is -1.53. The highest BCUT2D eigenvalue weighted by Gasteiger charge is 2.31. The molecule has 0 saturated carbocycles. The fourth-order valence-corrected chi connectivity index (χ4v) is 2.81. The summed E-state index contributed by atoms with van der Waals surface area (Å²) in [5.41, 5.74) is 6.10. The van der Waals surface area contributed by atoms with Gasteiger partial charge in [0.2, 0.25) is 17.7 Å². The summed E-state index contributed by atoms with van der Waals surface area (Å²) in [4.78, 5) is 59.3. The molecule has 1 rings (SSSR count). The van der Waals surface area contributed by atoms with Gasteiger partial charge >= 0.3 is 11.9 Å². The molecule has 5 atom stereocenters. The molecule has 0 aliphatic heterocycles. The molecule has 9 N–H and O–H groups in total. The number of hydrogen-bond acceptors (Lipinski definition) is 8. The molecule has 0 aliphatic rings. The molecule has 0 heterocycles. The van der Waals surface area contributed by atoms with E-state index in [0.717, 1.165) is 0 Å². The number of hydrogen-bond donors (Lipinski definition) is 8. The lowest BCUT2D eigenvalue weighted by atomic mass is 10.0. The zero-order chi connectivity index (χ0) is 26.0. The maximum absolute atomic E-state index is 12.6. The number of aliphatic hydroxyl groups is 1. The van der Waals surface area contributed by atoms with E-state index in [4.69, 9.17) is 10.8 Å². The molecule has 0 aromatic heterocycles. The smallest absolute Gasteiger partial charge is 0.326 e. The molecular weight excluding hydrogens is 452 g/mol. The second kappa shape index (κ2) is 13.1. The molecule has 0 fully saturated rings. The van der Waals surface area contributed by atoms with Crippen molar-refractivity contribution >= 4 is 29.7 Å². The molecule has 0 spiro atoms. The number of carbonyl (C=O) groups excluding carboxylic acids is 3. The van der Waals surface area contributed by atoms with Crippen LogP contribution in [0.25, 0.3) is 0 Å². The van der Waals surface area contributed by atoms with Crippen LogP contribution in [0.1, 0.15) is 32.3 Å². The summed E-state index contributed by atoms with van der Waals surface area (Å²) in [5.74, 6) is -5.10. The number of nitrogens with two attached hydrogens (primary N) is 1. The predicted octanol–water partition coefficient (Wildman–Crippen LogP) is -1.93. The van der Waals surface area contributed by atoms with Gasteiger partial charge in [-0.25, -0.2) is 4.79 Å². The Bertz CT molecular complexity index is 889. The number of nitrogens with one attached hydrogen (secondary N) is 3. The maximum Gasteiger partial charge on any atom is 0.326 e. The molecule has 0 aliphatic carbocycles. The van der Waals surface area contributed by atoms with Gasteiger partial charge in [0, 0.05) is 12.8 Å². The predicted molar refractivity (Wildman–Crippen MR) is 117 cm³/mol. The summed E-state index contributed by atoms with van der Waals surface area (Å²) < 4.78 is 0. The number of aromatic hydroxyl groups is 1. The SMILES string of the molecule is CC(NC(=O)C(N)CCC(=O)O)C(=O)NC(C(=O)NC(Cc1ccc(O)cc1)C(=O)O)C(C)O. The number of carboxylic acids is 2. The number of rotatable bonds is 13. The molecule has 3 amide bonds. The van der Waals surface area contributed by atoms with Crippen LogP contribution in [0.3, 0.4) is 0 Å². The average Bonchev–Trinajstić information content (AvgIpc) is 2.75. The summed E-state index contributed by atoms with van der Waals surface area (Å²) >= 11 is 0. The molecule has 34 heavy (non-hydrogen) atoms. The van der Waals surface area contributed by atoms with Gasteiger partial charge in [-0.15, -0.1) is 0 Å². The van der Waals surface area contributed by atoms with Crippen molar-refractivity contribution in [3.05, 3.63) is 29.8 Å². The van der Waals surface area contributed by atoms with E-state index in [2.05, 4.69) is 16.0 Å². The Morgan fingerprint density at radius 2 is 1.50 bits per heavy atom. The number of amides is 3. The maximum atomic E-state index is 12.6. The number of aliphatic hydroxyl groups excluding tert-OH is 1. The van der Waals surface area contributed by atoms with Gasteiger partial charge in [-0.2, -0.15) is 0 Å². The molecule has 13 heteroatoms. The van der Waals surface area contributed by atoms with Gasteiger partial charge in [0.15, 0.2) is 0 Å². The van der Waals surface area contributed by atoms with Crippen molar-refractivity contribution < 1.29 is 44.4 Å². The quantitative estimate of drug-likeness (QED) is 0.155. The number of benzene rings is 1. The first kappa shape index (κ1) is 28.3. The second-order valence-electron chi connectivity index (χ2n) is 7.77. The van der Waals surface area contributed by atoms with Crippen molar-refractivity contribution in [1.82, 2.24) is 16.0 Å². The van der Waals surface area contributed by atoms with E-state index in [0.29, 0.717) is 5.56 Å². The summed E-state index contributed by atoms with van der Waals surface area (Å²) in [5, 5.41) is 44.2. The third kappa shape index (κ3) is 9.42. The molecule has 0 radical (unpaired) electrons. The normalized spacial score (nSPS) is 15.2. The van der Waals surface area contributed by atoms with Crippen LogP contribution in [-0.2, 0) is 30.4 Å². The standard InChI is InChI=1S/C21H30N4O9/c1-10(23-19(31)14(22)7-8-16(28)29)18(30)25-17(11(2)26)20(32)24-15(21(33)34)9-12-3-5-13(27)6-4-12/h3-6,10-11,14-15,17,26-27H,7-9,22H2,1-2H3,(H,23,31)(H,24,32)(H,25,30)(H,28,29)(H,33,34). The first-order chi connectivity index (χ1) is 15.8. The van der Waals surface area contributed by atoms with Crippen LogP contribution in [0.5, 0.6) is 5.75 Å². The van der Waals surface area contributed by atoms with Crippen molar-refractivity contribution in [2.24, 2.45) is 5.73 Å². The molecule has 13 nitrogen and oxygen atoms in total. The summed E-state index contributed by atoms with van der Waals surface area (Å²) in [7, 11) is 0. The molecule has 188 valence electrons. The Balaban J connectivity index is 2.77. The third-order valence-electron chi connectivity index (χ3n) is 4.81. The molecule has 0 saturated heterocycles. The van der Waals surface area contributed by atoms with E-state index < -0.39 is 59.9 Å². The summed E-state index contributed by atoms with van der Waals surface area (Å²) in [6.07, 6.45) is -2.02. The van der Waals surface area contributed by atoms with E-state index >= 15 is 0 Å². The van der Waals surface area contributed by atoms with E-state index in [1.165, 1.54) is 38.1 Å². The topological polar surface area (TPSA) is 228 Å². The van der Waals surface area contributed by atoms with Gasteiger partial charge in [0.25, 0.3) is 0 Å². The van der Waals surface area contributed by atoms with Gasteiger partial charge in [-0.1, -0.05) is 12.1 Å². The summed E-state index contributed by atoms with van der Waals surface area (Å²) in [6, 6.07) is 0.404. The van der Waals surface area contributed by atoms with Gasteiger partial charge in [0.05, 0.1) is 12.1 Å². The van der Waals surface area contributed by atoms with Crippen molar-refractivity contribution in [2.45, 2.75) is 63.4 Å².